The van der Waals surface area contributed by atoms with E-state index in [4.69, 9.17) is 9.47 Å². The Kier molecular flexibility index (Phi) is 4.18. The second-order valence-corrected chi connectivity index (χ2v) is 6.56. The van der Waals surface area contributed by atoms with Gasteiger partial charge >= 0.3 is 0 Å². The Balaban J connectivity index is 1.89. The molecule has 0 amide bonds. The van der Waals surface area contributed by atoms with Gasteiger partial charge < -0.3 is 9.47 Å². The van der Waals surface area contributed by atoms with Crippen molar-refractivity contribution in [2.45, 2.75) is 0 Å². The molecule has 4 aromatic rings. The van der Waals surface area contributed by atoms with E-state index in [0.717, 1.165) is 16.6 Å². The fourth-order valence-electron chi connectivity index (χ4n) is 2.85. The number of hydrogen-bond acceptors (Lipinski definition) is 5. The maximum atomic E-state index is 13.0. The van der Waals surface area contributed by atoms with E-state index in [-0.39, 0.29) is 5.56 Å². The van der Waals surface area contributed by atoms with Gasteiger partial charge in [-0.05, 0) is 5.56 Å². The van der Waals surface area contributed by atoms with Crippen molar-refractivity contribution in [2.24, 2.45) is 0 Å². The molecule has 5 nitrogen and oxygen atoms in total. The number of methoxy groups -OCH3 is 2. The van der Waals surface area contributed by atoms with Crippen molar-refractivity contribution >= 4 is 21.6 Å². The molecule has 130 valence electrons. The lowest BCUT2D eigenvalue weighted by Gasteiger charge is -2.10. The number of thiophene rings is 1. The first-order valence-corrected chi connectivity index (χ1v) is 8.87. The molecule has 0 bridgehead atoms. The van der Waals surface area contributed by atoms with E-state index in [1.807, 2.05) is 35.7 Å². The van der Waals surface area contributed by atoms with E-state index in [1.165, 1.54) is 15.9 Å². The summed E-state index contributed by atoms with van der Waals surface area (Å²) in [5.41, 5.74) is 3.27. The third-order valence-corrected chi connectivity index (χ3v) is 5.14. The number of aromatic nitrogens is 2. The normalized spacial score (nSPS) is 10.8. The molecule has 0 unspecified atom stereocenters. The van der Waals surface area contributed by atoms with E-state index in [0.29, 0.717) is 21.9 Å². The Hall–Kier alpha value is -3.12. The summed E-state index contributed by atoms with van der Waals surface area (Å²) in [6.07, 6.45) is 1.55. The molecule has 2 heterocycles. The number of ether oxygens (including phenoxy) is 2. The molecular formula is C20H16N2O3S. The van der Waals surface area contributed by atoms with Crippen LogP contribution in [0.3, 0.4) is 0 Å². The Morgan fingerprint density at radius 2 is 1.69 bits per heavy atom. The van der Waals surface area contributed by atoms with Crippen LogP contribution in [0.1, 0.15) is 0 Å². The molecule has 0 fully saturated rings. The summed E-state index contributed by atoms with van der Waals surface area (Å²) in [5.74, 6) is 1.23. The van der Waals surface area contributed by atoms with Crippen LogP contribution >= 0.6 is 11.3 Å². The molecule has 0 N–H and O–H groups in total. The number of fused-ring (bicyclic) bond motifs is 1. The molecule has 2 aromatic heterocycles. The van der Waals surface area contributed by atoms with Crippen LogP contribution < -0.4 is 15.0 Å². The summed E-state index contributed by atoms with van der Waals surface area (Å²) in [6.45, 7) is 0. The second-order valence-electron chi connectivity index (χ2n) is 5.68. The summed E-state index contributed by atoms with van der Waals surface area (Å²) in [5, 5.41) is 1.98. The van der Waals surface area contributed by atoms with Crippen molar-refractivity contribution in [3.05, 3.63) is 70.6 Å². The lowest BCUT2D eigenvalue weighted by atomic mass is 10.1. The second kappa shape index (κ2) is 6.65. The van der Waals surface area contributed by atoms with Crippen molar-refractivity contribution < 1.29 is 9.47 Å². The molecule has 0 radical (unpaired) electrons. The molecular weight excluding hydrogens is 348 g/mol. The summed E-state index contributed by atoms with van der Waals surface area (Å²) in [4.78, 5) is 17.6. The fraction of sp³-hybridized carbons (Fsp3) is 0.100. The van der Waals surface area contributed by atoms with Crippen LogP contribution in [0.15, 0.2) is 65.0 Å². The minimum absolute atomic E-state index is 0.113. The third kappa shape index (κ3) is 2.74. The maximum Gasteiger partial charge on any atom is 0.275 e. The highest BCUT2D eigenvalue weighted by molar-refractivity contribution is 7.17. The highest BCUT2D eigenvalue weighted by atomic mass is 32.1. The Morgan fingerprint density at radius 1 is 1.00 bits per heavy atom. The first-order valence-electron chi connectivity index (χ1n) is 7.99. The van der Waals surface area contributed by atoms with Crippen LogP contribution in [0.5, 0.6) is 11.5 Å². The molecule has 2 aromatic carbocycles. The fourth-order valence-corrected chi connectivity index (χ4v) is 3.80. The van der Waals surface area contributed by atoms with Crippen molar-refractivity contribution in [2.75, 3.05) is 14.2 Å². The quantitative estimate of drug-likeness (QED) is 0.546. The zero-order valence-electron chi connectivity index (χ0n) is 14.3. The summed E-state index contributed by atoms with van der Waals surface area (Å²) < 4.78 is 12.7. The highest BCUT2D eigenvalue weighted by Gasteiger charge is 2.14. The first-order chi connectivity index (χ1) is 12.7. The van der Waals surface area contributed by atoms with Gasteiger partial charge in [-0.15, -0.1) is 11.3 Å². The van der Waals surface area contributed by atoms with Gasteiger partial charge in [0, 0.05) is 29.1 Å². The van der Waals surface area contributed by atoms with Gasteiger partial charge in [-0.25, -0.2) is 4.98 Å². The van der Waals surface area contributed by atoms with Crippen LogP contribution in [0, 0.1) is 0 Å². The van der Waals surface area contributed by atoms with Gasteiger partial charge in [0.15, 0.2) is 0 Å². The highest BCUT2D eigenvalue weighted by Crippen LogP contribution is 2.31. The maximum absolute atomic E-state index is 13.0. The summed E-state index contributed by atoms with van der Waals surface area (Å²) >= 11 is 1.41. The van der Waals surface area contributed by atoms with E-state index >= 15 is 0 Å². The molecule has 6 heteroatoms. The van der Waals surface area contributed by atoms with Crippen LogP contribution in [0.4, 0.5) is 0 Å². The van der Waals surface area contributed by atoms with Crippen molar-refractivity contribution in [3.8, 4) is 28.3 Å². The Bertz CT molecular complexity index is 1110. The standard InChI is InChI=1S/C20H16N2O3S/c1-24-15-8-14(9-16(10-15)25-2)22-12-21-18-17(11-26-19(18)20(22)23)13-6-4-3-5-7-13/h3-12H,1-2H3. The number of nitrogens with zero attached hydrogens (tertiary/aromatic N) is 2. The lowest BCUT2D eigenvalue weighted by molar-refractivity contribution is 0.394. The largest absolute Gasteiger partial charge is 0.497 e. The van der Waals surface area contributed by atoms with Crippen molar-refractivity contribution in [1.82, 2.24) is 9.55 Å². The van der Waals surface area contributed by atoms with Gasteiger partial charge in [0.1, 0.15) is 22.5 Å². The van der Waals surface area contributed by atoms with Gasteiger partial charge in [-0.2, -0.15) is 0 Å². The van der Waals surface area contributed by atoms with E-state index in [1.54, 1.807) is 38.7 Å². The monoisotopic (exact) mass is 364 g/mol. The van der Waals surface area contributed by atoms with Gasteiger partial charge in [0.2, 0.25) is 0 Å². The SMILES string of the molecule is COc1cc(OC)cc(-n2cnc3c(-c4ccccc4)csc3c2=O)c1. The number of hydrogen-bond donors (Lipinski definition) is 0. The molecule has 0 saturated carbocycles. The number of rotatable bonds is 4. The van der Waals surface area contributed by atoms with E-state index in [9.17, 15) is 4.79 Å². The van der Waals surface area contributed by atoms with Gasteiger partial charge in [-0.1, -0.05) is 30.3 Å². The van der Waals surface area contributed by atoms with Crippen LogP contribution in [-0.4, -0.2) is 23.8 Å². The van der Waals surface area contributed by atoms with E-state index < -0.39 is 0 Å². The average Bonchev–Trinajstić information content (AvgIpc) is 3.13. The Labute approximate surface area is 154 Å². The zero-order valence-corrected chi connectivity index (χ0v) is 15.1. The van der Waals surface area contributed by atoms with Crippen molar-refractivity contribution in [3.63, 3.8) is 0 Å². The summed E-state index contributed by atoms with van der Waals surface area (Å²) in [6, 6.07) is 15.3. The molecule has 0 aliphatic heterocycles. The topological polar surface area (TPSA) is 53.4 Å². The van der Waals surface area contributed by atoms with Crippen LogP contribution in [0.25, 0.3) is 27.0 Å². The molecule has 26 heavy (non-hydrogen) atoms. The molecule has 0 saturated heterocycles. The predicted octanol–water partition coefficient (Wildman–Crippen LogP) is 4.13. The third-order valence-electron chi connectivity index (χ3n) is 4.18. The molecule has 0 aliphatic rings. The molecule has 0 aliphatic carbocycles. The smallest absolute Gasteiger partial charge is 0.275 e. The summed E-state index contributed by atoms with van der Waals surface area (Å²) in [7, 11) is 3.16. The number of benzene rings is 2. The molecule has 0 spiro atoms. The van der Waals surface area contributed by atoms with Crippen molar-refractivity contribution in [1.29, 1.82) is 0 Å². The molecule has 0 atom stereocenters. The van der Waals surface area contributed by atoms with Crippen LogP contribution in [-0.2, 0) is 0 Å². The first kappa shape index (κ1) is 16.4. The van der Waals surface area contributed by atoms with Gasteiger partial charge in [-0.3, -0.25) is 9.36 Å². The van der Waals surface area contributed by atoms with Crippen LogP contribution in [0.2, 0.25) is 0 Å². The molecule has 4 rings (SSSR count). The zero-order chi connectivity index (χ0) is 18.1. The minimum Gasteiger partial charge on any atom is -0.497 e. The van der Waals surface area contributed by atoms with Gasteiger partial charge in [0.05, 0.1) is 25.4 Å². The van der Waals surface area contributed by atoms with E-state index in [2.05, 4.69) is 4.98 Å². The Morgan fingerprint density at radius 3 is 2.35 bits per heavy atom. The lowest BCUT2D eigenvalue weighted by Crippen LogP contribution is -2.18. The minimum atomic E-state index is -0.113. The predicted molar refractivity (Wildman–Crippen MR) is 104 cm³/mol. The van der Waals surface area contributed by atoms with Gasteiger partial charge in [0.25, 0.3) is 5.56 Å². The average molecular weight is 364 g/mol.